The van der Waals surface area contributed by atoms with Crippen molar-refractivity contribution in [3.8, 4) is 0 Å². The summed E-state index contributed by atoms with van der Waals surface area (Å²) < 4.78 is 27.9. The number of hydrogen-bond acceptors (Lipinski definition) is 4. The molecule has 2 amide bonds. The van der Waals surface area contributed by atoms with E-state index in [1.54, 1.807) is 12.1 Å². The molecule has 35 heavy (non-hydrogen) atoms. The Kier molecular flexibility index (Phi) is 6.55. The number of nitrogens with one attached hydrogen (secondary N) is 1. The molecule has 0 aromatic heterocycles. The van der Waals surface area contributed by atoms with Crippen molar-refractivity contribution in [2.24, 2.45) is 23.2 Å². The number of benzene rings is 1. The fourth-order valence-corrected chi connectivity index (χ4v) is 8.99. The van der Waals surface area contributed by atoms with Crippen LogP contribution in [-0.2, 0) is 19.6 Å². The summed E-state index contributed by atoms with van der Waals surface area (Å²) in [4.78, 5) is 27.6. The average Bonchev–Trinajstić information content (AvgIpc) is 3.05. The highest BCUT2D eigenvalue weighted by molar-refractivity contribution is 7.89. The van der Waals surface area contributed by atoms with Crippen LogP contribution in [0, 0.1) is 23.2 Å². The molecule has 7 nitrogen and oxygen atoms in total. The largest absolute Gasteiger partial charge is 0.342 e. The Morgan fingerprint density at radius 2 is 1.77 bits per heavy atom. The summed E-state index contributed by atoms with van der Waals surface area (Å²) >= 11 is 0. The van der Waals surface area contributed by atoms with Gasteiger partial charge in [0.25, 0.3) is 0 Å². The molecule has 3 bridgehead atoms. The highest BCUT2D eigenvalue weighted by Crippen LogP contribution is 2.61. The van der Waals surface area contributed by atoms with Crippen LogP contribution < -0.4 is 5.32 Å². The molecule has 3 aliphatic carbocycles. The Morgan fingerprint density at radius 1 is 1.09 bits per heavy atom. The van der Waals surface area contributed by atoms with Crippen molar-refractivity contribution in [2.75, 3.05) is 25.5 Å². The quantitative estimate of drug-likeness (QED) is 0.599. The second-order valence-corrected chi connectivity index (χ2v) is 13.1. The zero-order valence-corrected chi connectivity index (χ0v) is 21.4. The monoisotopic (exact) mass is 499 g/mol. The van der Waals surface area contributed by atoms with E-state index in [1.165, 1.54) is 54.6 Å². The lowest BCUT2D eigenvalue weighted by Crippen LogP contribution is -2.52. The molecule has 4 aliphatic rings. The number of rotatable bonds is 6. The van der Waals surface area contributed by atoms with Gasteiger partial charge < -0.3 is 10.2 Å². The highest BCUT2D eigenvalue weighted by Gasteiger charge is 2.57. The van der Waals surface area contributed by atoms with Crippen molar-refractivity contribution in [1.29, 1.82) is 0 Å². The van der Waals surface area contributed by atoms with Crippen molar-refractivity contribution in [3.05, 3.63) is 36.9 Å². The molecule has 3 saturated carbocycles. The van der Waals surface area contributed by atoms with Gasteiger partial charge in [0.2, 0.25) is 21.8 Å². The highest BCUT2D eigenvalue weighted by atomic mass is 32.2. The van der Waals surface area contributed by atoms with Crippen LogP contribution in [0.4, 0.5) is 5.69 Å². The van der Waals surface area contributed by atoms with Gasteiger partial charge in [-0.05, 0) is 93.0 Å². The molecule has 1 aromatic rings. The summed E-state index contributed by atoms with van der Waals surface area (Å²) in [6.45, 7) is 4.22. The van der Waals surface area contributed by atoms with E-state index in [4.69, 9.17) is 0 Å². The number of nitrogens with zero attached hydrogens (tertiary/aromatic N) is 2. The second kappa shape index (κ2) is 9.36. The zero-order chi connectivity index (χ0) is 24.8. The maximum atomic E-state index is 13.9. The third-order valence-electron chi connectivity index (χ3n) is 9.23. The van der Waals surface area contributed by atoms with Crippen LogP contribution in [0.1, 0.15) is 57.8 Å². The zero-order valence-electron chi connectivity index (χ0n) is 20.6. The fraction of sp³-hybridized carbons (Fsp3) is 0.630. The van der Waals surface area contributed by atoms with E-state index in [1.807, 2.05) is 11.9 Å². The number of fused-ring (bicyclic) bond motifs is 2. The summed E-state index contributed by atoms with van der Waals surface area (Å²) in [6, 6.07) is 6.29. The fourth-order valence-electron chi connectivity index (χ4n) is 7.52. The normalized spacial score (nSPS) is 31.1. The lowest BCUT2D eigenvalue weighted by molar-refractivity contribution is -0.146. The maximum Gasteiger partial charge on any atom is 0.247 e. The Balaban J connectivity index is 1.22. The number of sulfonamides is 1. The molecule has 0 radical (unpaired) electrons. The molecule has 1 aliphatic heterocycles. The smallest absolute Gasteiger partial charge is 0.247 e. The van der Waals surface area contributed by atoms with Gasteiger partial charge in [-0.3, -0.25) is 9.59 Å². The summed E-state index contributed by atoms with van der Waals surface area (Å²) in [5, 5.41) is 2.63. The van der Waals surface area contributed by atoms with Crippen molar-refractivity contribution in [1.82, 2.24) is 9.21 Å². The van der Waals surface area contributed by atoms with Crippen molar-refractivity contribution < 1.29 is 18.0 Å². The van der Waals surface area contributed by atoms with Gasteiger partial charge in [0, 0.05) is 31.9 Å². The standard InChI is InChI=1S/C27H37N3O4S/c1-3-25(31)28-22-6-8-24(9-7-22)35(33,34)30-13-10-23(11-14-30)29(2)26(32)27-12-4-5-19-15-20(18-27)17-21(27)16-19/h3,6-9,19-21,23H,1,4-5,10-18H2,2H3,(H,28,31). The molecule has 1 aromatic carbocycles. The Hall–Kier alpha value is -2.19. The van der Waals surface area contributed by atoms with Crippen molar-refractivity contribution in [3.63, 3.8) is 0 Å². The van der Waals surface area contributed by atoms with Gasteiger partial charge in [-0.15, -0.1) is 0 Å². The molecule has 8 heteroatoms. The summed E-state index contributed by atoms with van der Waals surface area (Å²) in [6.07, 6.45) is 10.8. The van der Waals surface area contributed by atoms with Gasteiger partial charge in [-0.2, -0.15) is 4.31 Å². The Bertz CT molecular complexity index is 1090. The number of amides is 2. The lowest BCUT2D eigenvalue weighted by Gasteiger charge is -2.42. The first-order valence-corrected chi connectivity index (χ1v) is 14.5. The molecule has 1 N–H and O–H groups in total. The van der Waals surface area contributed by atoms with Crippen LogP contribution in [0.2, 0.25) is 0 Å². The Morgan fingerprint density at radius 3 is 2.46 bits per heavy atom. The first kappa shape index (κ1) is 24.5. The topological polar surface area (TPSA) is 86.8 Å². The molecular weight excluding hydrogens is 462 g/mol. The van der Waals surface area contributed by atoms with Gasteiger partial charge in [0.1, 0.15) is 0 Å². The van der Waals surface area contributed by atoms with Gasteiger partial charge in [-0.1, -0.05) is 19.4 Å². The van der Waals surface area contributed by atoms with Crippen LogP contribution in [0.3, 0.4) is 0 Å². The van der Waals surface area contributed by atoms with E-state index in [2.05, 4.69) is 11.9 Å². The van der Waals surface area contributed by atoms with E-state index in [9.17, 15) is 18.0 Å². The minimum absolute atomic E-state index is 0.0827. The molecule has 5 rings (SSSR count). The third-order valence-corrected chi connectivity index (χ3v) is 11.1. The van der Waals surface area contributed by atoms with Gasteiger partial charge in [0.05, 0.1) is 10.3 Å². The molecule has 4 fully saturated rings. The number of carbonyl (C=O) groups excluding carboxylic acids is 2. The SMILES string of the molecule is C=CC(=O)Nc1ccc(S(=O)(=O)N2CCC(N(C)C(=O)C34CCCC5CC(CC3C5)C4)CC2)cc1. The van der Waals surface area contributed by atoms with Crippen LogP contribution in [-0.4, -0.2) is 55.6 Å². The Labute approximate surface area is 209 Å². The van der Waals surface area contributed by atoms with Crippen LogP contribution in [0.25, 0.3) is 0 Å². The van der Waals surface area contributed by atoms with Gasteiger partial charge in [0.15, 0.2) is 0 Å². The molecule has 1 heterocycles. The van der Waals surface area contributed by atoms with E-state index >= 15 is 0 Å². The van der Waals surface area contributed by atoms with E-state index in [-0.39, 0.29) is 22.3 Å². The summed E-state index contributed by atoms with van der Waals surface area (Å²) in [5.74, 6) is 2.07. The summed E-state index contributed by atoms with van der Waals surface area (Å²) in [7, 11) is -1.68. The van der Waals surface area contributed by atoms with E-state index in [0.717, 1.165) is 24.7 Å². The third kappa shape index (κ3) is 4.44. The number of piperidine rings is 1. The lowest BCUT2D eigenvalue weighted by atomic mass is 9.72. The van der Waals surface area contributed by atoms with Gasteiger partial charge in [-0.25, -0.2) is 8.42 Å². The number of carbonyl (C=O) groups is 2. The van der Waals surface area contributed by atoms with Crippen LogP contribution in [0.5, 0.6) is 0 Å². The summed E-state index contributed by atoms with van der Waals surface area (Å²) in [5.41, 5.74) is 0.352. The van der Waals surface area contributed by atoms with Gasteiger partial charge >= 0.3 is 0 Å². The molecule has 0 spiro atoms. The van der Waals surface area contributed by atoms with Crippen molar-refractivity contribution >= 4 is 27.5 Å². The maximum absolute atomic E-state index is 13.9. The number of anilines is 1. The molecule has 1 saturated heterocycles. The van der Waals surface area contributed by atoms with E-state index < -0.39 is 10.0 Å². The minimum atomic E-state index is -3.63. The van der Waals surface area contributed by atoms with Crippen LogP contribution >= 0.6 is 0 Å². The molecule has 190 valence electrons. The minimum Gasteiger partial charge on any atom is -0.342 e. The first-order chi connectivity index (χ1) is 16.7. The molecular formula is C27H37N3O4S. The number of hydrogen-bond donors (Lipinski definition) is 1. The molecule has 4 atom stereocenters. The average molecular weight is 500 g/mol. The first-order valence-electron chi connectivity index (χ1n) is 13.0. The predicted octanol–water partition coefficient (Wildman–Crippen LogP) is 4.03. The second-order valence-electron chi connectivity index (χ2n) is 11.2. The van der Waals surface area contributed by atoms with E-state index in [0.29, 0.717) is 43.4 Å². The molecule has 4 unspecified atom stereocenters. The van der Waals surface area contributed by atoms with Crippen molar-refractivity contribution in [2.45, 2.75) is 68.7 Å². The van der Waals surface area contributed by atoms with Crippen LogP contribution in [0.15, 0.2) is 41.8 Å². The predicted molar refractivity (Wildman–Crippen MR) is 135 cm³/mol.